The predicted molar refractivity (Wildman–Crippen MR) is 104 cm³/mol. The molecule has 8 heteroatoms. The molecule has 3 rings (SSSR count). The van der Waals surface area contributed by atoms with Gasteiger partial charge in [-0.1, -0.05) is 0 Å². The average molecular weight is 464 g/mol. The van der Waals surface area contributed by atoms with Crippen molar-refractivity contribution in [2.24, 2.45) is 11.8 Å². The van der Waals surface area contributed by atoms with Crippen molar-refractivity contribution >= 4 is 24.3 Å². The zero-order valence-electron chi connectivity index (χ0n) is 16.0. The maximum atomic E-state index is 11.3. The topological polar surface area (TPSA) is 82.1 Å². The van der Waals surface area contributed by atoms with Crippen molar-refractivity contribution in [3.8, 4) is 0 Å². The molecule has 0 amide bonds. The van der Waals surface area contributed by atoms with E-state index < -0.39 is 42.8 Å². The molecule has 1 aromatic carbocycles. The molecule has 2 aliphatic rings. The van der Waals surface area contributed by atoms with E-state index in [9.17, 15) is 8.42 Å². The first-order chi connectivity index (χ1) is 12.8. The Morgan fingerprint density at radius 1 is 1.26 bits per heavy atom. The molecule has 27 heavy (non-hydrogen) atoms. The molecule has 2 fully saturated rings. The fraction of sp³-hybridized carbons (Fsp3) is 0.684. The third-order valence-electron chi connectivity index (χ3n) is 5.61. The van der Waals surface area contributed by atoms with E-state index in [4.69, 9.17) is 18.2 Å². The van der Waals surface area contributed by atoms with Gasteiger partial charge in [0.1, 0.15) is 0 Å². The van der Waals surface area contributed by atoms with Gasteiger partial charge < -0.3 is 0 Å². The molecule has 1 unspecified atom stereocenters. The standard InChI is InChI=1S/C19H29O6SSe/c1-4-18-14(3)13(2)11-27(18)12-17-16(25-26(20,21)22)10-23-19(24-17)15-8-6-5-7-9-15/h5-9,13-14,16-19H,4,10-12H2,1-3H3,(H,20,21,22)/t13-,14+,16+,17-,18-,19?/m1/s1. The minimum absolute atomic E-state index is 0.0742. The van der Waals surface area contributed by atoms with Gasteiger partial charge in [-0.25, -0.2) is 0 Å². The van der Waals surface area contributed by atoms with Crippen LogP contribution in [0.2, 0.25) is 15.5 Å². The Bertz CT molecular complexity index is 712. The summed E-state index contributed by atoms with van der Waals surface area (Å²) in [5.74, 6) is 1.37. The minimum atomic E-state index is -4.56. The van der Waals surface area contributed by atoms with Gasteiger partial charge in [0.15, 0.2) is 0 Å². The molecule has 2 saturated heterocycles. The summed E-state index contributed by atoms with van der Waals surface area (Å²) >= 11 is -0.991. The van der Waals surface area contributed by atoms with Crippen molar-refractivity contribution in [3.63, 3.8) is 0 Å². The summed E-state index contributed by atoms with van der Waals surface area (Å²) in [4.78, 5) is 0.702. The van der Waals surface area contributed by atoms with Gasteiger partial charge in [0, 0.05) is 0 Å². The van der Waals surface area contributed by atoms with Gasteiger partial charge in [0.05, 0.1) is 0 Å². The summed E-state index contributed by atoms with van der Waals surface area (Å²) < 4.78 is 48.5. The summed E-state index contributed by atoms with van der Waals surface area (Å²) in [6.45, 7) is 6.94. The second kappa shape index (κ2) is 8.91. The molecule has 0 aliphatic carbocycles. The second-order valence-electron chi connectivity index (χ2n) is 7.47. The van der Waals surface area contributed by atoms with Crippen molar-refractivity contribution < 1.29 is 26.6 Å². The number of hydrogen-bond acceptors (Lipinski definition) is 5. The van der Waals surface area contributed by atoms with Gasteiger partial charge in [-0.2, -0.15) is 0 Å². The van der Waals surface area contributed by atoms with Crippen LogP contribution in [0.4, 0.5) is 0 Å². The first-order valence-corrected chi connectivity index (χ1v) is 14.2. The summed E-state index contributed by atoms with van der Waals surface area (Å²) in [5, 5.41) is 2.04. The van der Waals surface area contributed by atoms with Crippen molar-refractivity contribution in [2.75, 3.05) is 6.61 Å². The predicted octanol–water partition coefficient (Wildman–Crippen LogP) is 3.85. The van der Waals surface area contributed by atoms with Crippen LogP contribution in [0.15, 0.2) is 30.3 Å². The van der Waals surface area contributed by atoms with Crippen LogP contribution in [0, 0.1) is 11.8 Å². The van der Waals surface area contributed by atoms with Crippen molar-refractivity contribution in [2.45, 2.75) is 61.1 Å². The Morgan fingerprint density at radius 2 is 1.96 bits per heavy atom. The van der Waals surface area contributed by atoms with E-state index >= 15 is 0 Å². The zero-order valence-corrected chi connectivity index (χ0v) is 18.5. The Morgan fingerprint density at radius 3 is 2.59 bits per heavy atom. The molecule has 0 saturated carbocycles. The molecule has 6 nitrogen and oxygen atoms in total. The van der Waals surface area contributed by atoms with E-state index in [0.29, 0.717) is 16.7 Å². The molecule has 1 aromatic rings. The summed E-state index contributed by atoms with van der Waals surface area (Å²) in [6, 6.07) is 9.61. The molecule has 1 radical (unpaired) electrons. The first-order valence-electron chi connectivity index (χ1n) is 9.42. The fourth-order valence-corrected chi connectivity index (χ4v) is 12.2. The summed E-state index contributed by atoms with van der Waals surface area (Å²) in [5.41, 5.74) is 0.896. The Hall–Kier alpha value is -0.471. The quantitative estimate of drug-likeness (QED) is 0.509. The molecule has 2 heterocycles. The molecule has 6 atom stereocenters. The Balaban J connectivity index is 1.77. The van der Waals surface area contributed by atoms with E-state index in [0.717, 1.165) is 17.3 Å². The summed E-state index contributed by atoms with van der Waals surface area (Å²) in [7, 11) is -4.56. The van der Waals surface area contributed by atoms with Crippen LogP contribution in [0.3, 0.4) is 0 Å². The summed E-state index contributed by atoms with van der Waals surface area (Å²) in [6.07, 6.45) is -0.610. The van der Waals surface area contributed by atoms with E-state index in [-0.39, 0.29) is 6.61 Å². The number of ether oxygens (including phenoxy) is 2. The molecule has 2 aliphatic heterocycles. The van der Waals surface area contributed by atoms with Gasteiger partial charge in [0.2, 0.25) is 0 Å². The van der Waals surface area contributed by atoms with E-state index in [1.165, 1.54) is 5.32 Å². The van der Waals surface area contributed by atoms with Crippen LogP contribution in [0.25, 0.3) is 0 Å². The number of hydrogen-bond donors (Lipinski definition) is 1. The van der Waals surface area contributed by atoms with E-state index in [2.05, 4.69) is 20.8 Å². The molecular weight excluding hydrogens is 435 g/mol. The SMILES string of the molecule is CC[C@@H]1[C@@H](C)[C@H](C)C[Se]1C[C@H]1OC(c2ccccc2)OC[C@@H]1OS(=O)(=O)O. The van der Waals surface area contributed by atoms with Crippen LogP contribution < -0.4 is 0 Å². The van der Waals surface area contributed by atoms with Crippen molar-refractivity contribution in [1.29, 1.82) is 0 Å². The third-order valence-corrected chi connectivity index (χ3v) is 13.1. The maximum absolute atomic E-state index is 11.3. The molecule has 153 valence electrons. The first kappa shape index (κ1) is 21.2. The molecule has 1 N–H and O–H groups in total. The molecule has 0 spiro atoms. The van der Waals surface area contributed by atoms with Crippen LogP contribution in [0.5, 0.6) is 0 Å². The van der Waals surface area contributed by atoms with Crippen LogP contribution in [0.1, 0.15) is 39.0 Å². The number of benzene rings is 1. The van der Waals surface area contributed by atoms with Crippen LogP contribution >= 0.6 is 0 Å². The van der Waals surface area contributed by atoms with E-state index in [1.54, 1.807) is 0 Å². The number of rotatable bonds is 6. The van der Waals surface area contributed by atoms with Gasteiger partial charge in [-0.15, -0.1) is 0 Å². The van der Waals surface area contributed by atoms with Gasteiger partial charge in [-0.05, 0) is 0 Å². The van der Waals surface area contributed by atoms with E-state index in [1.807, 2.05) is 30.3 Å². The zero-order chi connectivity index (χ0) is 19.6. The molecular formula is C19H29O6SSe. The Kier molecular flexibility index (Phi) is 7.01. The third kappa shape index (κ3) is 5.32. The normalized spacial score (nSPS) is 35.4. The van der Waals surface area contributed by atoms with Crippen LogP contribution in [-0.4, -0.2) is 45.7 Å². The van der Waals surface area contributed by atoms with Crippen LogP contribution in [-0.2, 0) is 24.1 Å². The second-order valence-corrected chi connectivity index (χ2v) is 13.4. The van der Waals surface area contributed by atoms with Gasteiger partial charge in [0.25, 0.3) is 0 Å². The fourth-order valence-electron chi connectivity index (χ4n) is 4.05. The van der Waals surface area contributed by atoms with Crippen molar-refractivity contribution in [1.82, 2.24) is 0 Å². The van der Waals surface area contributed by atoms with Gasteiger partial charge in [-0.3, -0.25) is 0 Å². The Labute approximate surface area is 166 Å². The van der Waals surface area contributed by atoms with Gasteiger partial charge >= 0.3 is 166 Å². The molecule has 0 aromatic heterocycles. The monoisotopic (exact) mass is 465 g/mol. The molecule has 0 bridgehead atoms. The average Bonchev–Trinajstić information content (AvgIpc) is 2.89. The van der Waals surface area contributed by atoms with Crippen molar-refractivity contribution in [3.05, 3.63) is 35.9 Å².